The van der Waals surface area contributed by atoms with E-state index in [1.807, 2.05) is 26.8 Å². The van der Waals surface area contributed by atoms with Crippen LogP contribution in [0.25, 0.3) is 21.8 Å². The molecule has 41 heavy (non-hydrogen) atoms. The van der Waals surface area contributed by atoms with Gasteiger partial charge in [-0.25, -0.2) is 27.8 Å². The Hall–Kier alpha value is -3.12. The van der Waals surface area contributed by atoms with Gasteiger partial charge in [-0.05, 0) is 60.8 Å². The highest BCUT2D eigenvalue weighted by Crippen LogP contribution is 2.42. The number of nitrogens with one attached hydrogen (secondary N) is 3. The fourth-order valence-corrected chi connectivity index (χ4v) is 6.75. The normalized spacial score (nSPS) is 13.3. The zero-order valence-electron chi connectivity index (χ0n) is 23.4. The molecule has 1 aliphatic heterocycles. The third-order valence-electron chi connectivity index (χ3n) is 6.50. The molecule has 0 fully saturated rings. The molecule has 3 heterocycles. The smallest absolute Gasteiger partial charge is 0.232 e. The molecule has 0 bridgehead atoms. The van der Waals surface area contributed by atoms with Crippen molar-refractivity contribution in [3.05, 3.63) is 70.6 Å². The molecule has 0 radical (unpaired) electrons. The summed E-state index contributed by atoms with van der Waals surface area (Å²) in [4.78, 5) is 14.7. The first-order valence-corrected chi connectivity index (χ1v) is 15.7. The minimum atomic E-state index is -3.67. The molecule has 0 amide bonds. The van der Waals surface area contributed by atoms with E-state index in [1.165, 1.54) is 28.5 Å². The molecule has 12 heteroatoms. The summed E-state index contributed by atoms with van der Waals surface area (Å²) in [7, 11) is -3.67. The second kappa shape index (κ2) is 12.4. The van der Waals surface area contributed by atoms with Gasteiger partial charge in [-0.2, -0.15) is 0 Å². The van der Waals surface area contributed by atoms with Gasteiger partial charge in [0.25, 0.3) is 0 Å². The van der Waals surface area contributed by atoms with E-state index in [2.05, 4.69) is 32.5 Å². The lowest BCUT2D eigenvalue weighted by Gasteiger charge is -2.18. The summed E-state index contributed by atoms with van der Waals surface area (Å²) in [6.45, 7) is 9.71. The maximum Gasteiger partial charge on any atom is 0.232 e. The van der Waals surface area contributed by atoms with E-state index in [1.54, 1.807) is 31.3 Å². The number of halogens is 2. The van der Waals surface area contributed by atoms with E-state index < -0.39 is 15.8 Å². The van der Waals surface area contributed by atoms with Crippen molar-refractivity contribution < 1.29 is 12.8 Å². The number of nitrogens with zero attached hydrogens (tertiary/aromatic N) is 3. The fourth-order valence-electron chi connectivity index (χ4n) is 4.51. The van der Waals surface area contributed by atoms with Crippen LogP contribution < -0.4 is 15.4 Å². The van der Waals surface area contributed by atoms with Crippen molar-refractivity contribution in [1.82, 2.24) is 20.3 Å². The van der Waals surface area contributed by atoms with Crippen LogP contribution in [0.5, 0.6) is 0 Å². The van der Waals surface area contributed by atoms with Gasteiger partial charge < -0.3 is 10.6 Å². The first-order chi connectivity index (χ1) is 19.0. The molecule has 4 aromatic rings. The summed E-state index contributed by atoms with van der Waals surface area (Å²) >= 11 is 1.44. The van der Waals surface area contributed by atoms with Gasteiger partial charge in [0.15, 0.2) is 5.82 Å². The van der Waals surface area contributed by atoms with Crippen LogP contribution >= 0.6 is 23.7 Å². The lowest BCUT2D eigenvalue weighted by Crippen LogP contribution is -2.23. The van der Waals surface area contributed by atoms with Crippen LogP contribution in [-0.2, 0) is 28.4 Å². The summed E-state index contributed by atoms with van der Waals surface area (Å²) in [5.74, 6) is -0.348. The lowest BCUT2D eigenvalue weighted by molar-refractivity contribution is 0.585. The number of sulfonamides is 1. The van der Waals surface area contributed by atoms with Crippen molar-refractivity contribution >= 4 is 51.1 Å². The van der Waals surface area contributed by atoms with Gasteiger partial charge in [-0.1, -0.05) is 39.8 Å². The van der Waals surface area contributed by atoms with Crippen molar-refractivity contribution in [2.24, 2.45) is 0 Å². The van der Waals surface area contributed by atoms with Crippen molar-refractivity contribution in [3.63, 3.8) is 0 Å². The maximum absolute atomic E-state index is 15.8. The third kappa shape index (κ3) is 7.03. The lowest BCUT2D eigenvalue weighted by atomic mass is 9.98. The van der Waals surface area contributed by atoms with Gasteiger partial charge in [0.2, 0.25) is 16.0 Å². The van der Waals surface area contributed by atoms with Crippen LogP contribution in [0.15, 0.2) is 48.7 Å². The van der Waals surface area contributed by atoms with Crippen LogP contribution in [0.1, 0.15) is 50.3 Å². The van der Waals surface area contributed by atoms with Crippen LogP contribution in [0.4, 0.5) is 21.7 Å². The molecule has 0 atom stereocenters. The number of aromatic nitrogens is 3. The number of thiazole rings is 1. The zero-order valence-corrected chi connectivity index (χ0v) is 25.9. The average molecular weight is 617 g/mol. The van der Waals surface area contributed by atoms with Gasteiger partial charge in [-0.15, -0.1) is 23.7 Å². The van der Waals surface area contributed by atoms with Gasteiger partial charge in [-0.3, -0.25) is 4.72 Å². The van der Waals surface area contributed by atoms with Crippen LogP contribution in [0.2, 0.25) is 0 Å². The Balaban J connectivity index is 0.00000387. The first-order valence-electron chi connectivity index (χ1n) is 13.3. The molecular formula is C29H34ClFN6O2S2. The predicted octanol–water partition coefficient (Wildman–Crippen LogP) is 6.67. The second-order valence-electron chi connectivity index (χ2n) is 10.8. The van der Waals surface area contributed by atoms with Gasteiger partial charge >= 0.3 is 0 Å². The number of fused-ring (bicyclic) bond motifs is 1. The molecule has 0 saturated heterocycles. The molecule has 0 saturated carbocycles. The van der Waals surface area contributed by atoms with Crippen molar-refractivity contribution in [3.8, 4) is 21.8 Å². The molecule has 2 aromatic carbocycles. The molecule has 2 aromatic heterocycles. The summed E-state index contributed by atoms with van der Waals surface area (Å²) in [5, 5.41) is 7.50. The van der Waals surface area contributed by atoms with Crippen molar-refractivity contribution in [2.75, 3.05) is 22.3 Å². The molecule has 0 spiro atoms. The quantitative estimate of drug-likeness (QED) is 0.203. The van der Waals surface area contributed by atoms with Gasteiger partial charge in [0, 0.05) is 29.4 Å². The van der Waals surface area contributed by atoms with Crippen LogP contribution in [0, 0.1) is 5.82 Å². The highest BCUT2D eigenvalue weighted by atomic mass is 35.5. The third-order valence-corrected chi connectivity index (χ3v) is 9.48. The molecule has 218 valence electrons. The minimum absolute atomic E-state index is 0. The van der Waals surface area contributed by atoms with Gasteiger partial charge in [0.1, 0.15) is 0 Å². The van der Waals surface area contributed by atoms with Gasteiger partial charge in [0.05, 0.1) is 32.7 Å². The Morgan fingerprint density at radius 2 is 1.90 bits per heavy atom. The molecule has 8 nitrogen and oxygen atoms in total. The van der Waals surface area contributed by atoms with Crippen LogP contribution in [-0.4, -0.2) is 35.7 Å². The summed E-state index contributed by atoms with van der Waals surface area (Å²) < 4.78 is 43.0. The number of benzene rings is 2. The van der Waals surface area contributed by atoms with E-state index in [0.29, 0.717) is 28.6 Å². The molecular weight excluding hydrogens is 583 g/mol. The molecule has 0 unspecified atom stereocenters. The summed E-state index contributed by atoms with van der Waals surface area (Å²) in [6, 6.07) is 12.7. The highest BCUT2D eigenvalue weighted by molar-refractivity contribution is 7.92. The van der Waals surface area contributed by atoms with E-state index in [9.17, 15) is 8.42 Å². The SMILES string of the molecule is CCCS(=O)(=O)Nc1cccc(-c2nc(C(C)(C)C)sc2-c2ccnc(Nc3ccc4c(c3)CCNC4)n2)c1F.Cl. The molecule has 1 aliphatic rings. The summed E-state index contributed by atoms with van der Waals surface area (Å²) in [5.41, 5.74) is 4.30. The molecule has 0 aliphatic carbocycles. The van der Waals surface area contributed by atoms with E-state index in [4.69, 9.17) is 9.97 Å². The number of hydrogen-bond acceptors (Lipinski definition) is 8. The average Bonchev–Trinajstić information content (AvgIpc) is 3.36. The topological polar surface area (TPSA) is 109 Å². The number of hydrogen-bond donors (Lipinski definition) is 3. The van der Waals surface area contributed by atoms with E-state index >= 15 is 4.39 Å². The minimum Gasteiger partial charge on any atom is -0.324 e. The zero-order chi connectivity index (χ0) is 28.5. The van der Waals surface area contributed by atoms with E-state index in [0.717, 1.165) is 30.2 Å². The standard InChI is InChI=1S/C29H33FN6O2S2.ClH/c1-5-15-40(37,38)36-22-8-6-7-21(24(22)30)25-26(39-27(35-25)29(2,3)4)23-12-14-32-28(34-23)33-20-10-9-19-17-31-13-11-18(19)16-20;/h6-10,12,14,16,31,36H,5,11,13,15,17H2,1-4H3,(H,32,33,34);1H. The second-order valence-corrected chi connectivity index (χ2v) is 13.7. The fraction of sp³-hybridized carbons (Fsp3) is 0.345. The Morgan fingerprint density at radius 3 is 2.66 bits per heavy atom. The molecule has 3 N–H and O–H groups in total. The van der Waals surface area contributed by atoms with E-state index in [-0.39, 0.29) is 34.8 Å². The Bertz CT molecular complexity index is 1650. The summed E-state index contributed by atoms with van der Waals surface area (Å²) in [6.07, 6.45) is 3.05. The Kier molecular flexibility index (Phi) is 9.32. The van der Waals surface area contributed by atoms with Crippen molar-refractivity contribution in [2.45, 2.75) is 52.5 Å². The van der Waals surface area contributed by atoms with Crippen molar-refractivity contribution in [1.29, 1.82) is 0 Å². The Morgan fingerprint density at radius 1 is 1.10 bits per heavy atom. The van der Waals surface area contributed by atoms with Crippen LogP contribution in [0.3, 0.4) is 0 Å². The first kappa shape index (κ1) is 30.8. The Labute approximate surface area is 250 Å². The maximum atomic E-state index is 15.8. The predicted molar refractivity (Wildman–Crippen MR) is 167 cm³/mol. The molecule has 5 rings (SSSR count). The number of anilines is 3. The number of rotatable bonds is 8. The largest absolute Gasteiger partial charge is 0.324 e. The highest BCUT2D eigenvalue weighted by Gasteiger charge is 2.26. The monoisotopic (exact) mass is 616 g/mol.